The molecule has 4 heterocycles. The van der Waals surface area contributed by atoms with Crippen LogP contribution in [0.4, 0.5) is 5.13 Å². The minimum atomic E-state index is -0.217. The van der Waals surface area contributed by atoms with Gasteiger partial charge in [0.05, 0.1) is 21.5 Å². The van der Waals surface area contributed by atoms with Gasteiger partial charge in [0.1, 0.15) is 17.9 Å². The van der Waals surface area contributed by atoms with E-state index in [1.165, 1.54) is 39.0 Å². The summed E-state index contributed by atoms with van der Waals surface area (Å²) >= 11 is 3.95. The Morgan fingerprint density at radius 1 is 1.24 bits per heavy atom. The number of aromatic nitrogens is 3. The first-order valence-electron chi connectivity index (χ1n) is 8.65. The average Bonchev–Trinajstić information content (AvgIpc) is 3.33. The van der Waals surface area contributed by atoms with Gasteiger partial charge in [0.2, 0.25) is 5.91 Å². The van der Waals surface area contributed by atoms with E-state index >= 15 is 0 Å². The summed E-state index contributed by atoms with van der Waals surface area (Å²) in [7, 11) is 1.66. The molecular formula is C18H14N4O4S3. The molecule has 0 aliphatic carbocycles. The van der Waals surface area contributed by atoms with Crippen LogP contribution >= 0.6 is 34.4 Å². The number of thiazole rings is 1. The van der Waals surface area contributed by atoms with Gasteiger partial charge < -0.3 is 14.8 Å². The number of rotatable bonds is 4. The lowest BCUT2D eigenvalue weighted by Crippen LogP contribution is -2.20. The number of hydrogen-bond acceptors (Lipinski definition) is 9. The molecule has 0 fully saturated rings. The lowest BCUT2D eigenvalue weighted by atomic mass is 10.3. The fourth-order valence-corrected chi connectivity index (χ4v) is 5.37. The van der Waals surface area contributed by atoms with E-state index in [0.717, 1.165) is 10.2 Å². The molecule has 1 aliphatic rings. The summed E-state index contributed by atoms with van der Waals surface area (Å²) < 4.78 is 14.1. The zero-order valence-electron chi connectivity index (χ0n) is 15.1. The van der Waals surface area contributed by atoms with Crippen molar-refractivity contribution in [1.82, 2.24) is 14.5 Å². The van der Waals surface area contributed by atoms with E-state index in [9.17, 15) is 9.59 Å². The van der Waals surface area contributed by atoms with Crippen molar-refractivity contribution in [2.24, 2.45) is 7.05 Å². The first-order valence-corrected chi connectivity index (χ1v) is 11.3. The summed E-state index contributed by atoms with van der Waals surface area (Å²) in [6.07, 6.45) is 0. The zero-order chi connectivity index (χ0) is 20.0. The highest BCUT2D eigenvalue weighted by Crippen LogP contribution is 2.37. The monoisotopic (exact) mass is 446 g/mol. The topological polar surface area (TPSA) is 95.3 Å². The van der Waals surface area contributed by atoms with Crippen LogP contribution in [0.2, 0.25) is 0 Å². The van der Waals surface area contributed by atoms with Crippen molar-refractivity contribution in [1.29, 1.82) is 0 Å². The highest BCUT2D eigenvalue weighted by Gasteiger charge is 2.17. The third-order valence-electron chi connectivity index (χ3n) is 4.28. The maximum Gasteiger partial charge on any atom is 0.271 e. The Morgan fingerprint density at radius 2 is 2.03 bits per heavy atom. The van der Waals surface area contributed by atoms with Crippen LogP contribution in [0, 0.1) is 0 Å². The van der Waals surface area contributed by atoms with Gasteiger partial charge in [-0.1, -0.05) is 23.1 Å². The average molecular weight is 447 g/mol. The molecule has 3 aromatic heterocycles. The number of benzene rings is 1. The van der Waals surface area contributed by atoms with Gasteiger partial charge in [-0.3, -0.25) is 14.2 Å². The largest absolute Gasteiger partial charge is 0.486 e. The quantitative estimate of drug-likeness (QED) is 0.380. The van der Waals surface area contributed by atoms with Gasteiger partial charge in [-0.25, -0.2) is 9.97 Å². The Bertz CT molecular complexity index is 1270. The predicted molar refractivity (Wildman–Crippen MR) is 115 cm³/mol. The van der Waals surface area contributed by atoms with Crippen molar-refractivity contribution in [3.63, 3.8) is 0 Å². The predicted octanol–water partition coefficient (Wildman–Crippen LogP) is 3.11. The molecule has 4 aromatic rings. The molecule has 1 aliphatic heterocycles. The van der Waals surface area contributed by atoms with Crippen LogP contribution in [-0.4, -0.2) is 39.4 Å². The van der Waals surface area contributed by atoms with E-state index in [2.05, 4.69) is 15.3 Å². The summed E-state index contributed by atoms with van der Waals surface area (Å²) in [6, 6.07) is 5.50. The molecule has 8 nitrogen and oxygen atoms in total. The van der Waals surface area contributed by atoms with E-state index in [-0.39, 0.29) is 17.2 Å². The molecule has 148 valence electrons. The van der Waals surface area contributed by atoms with Crippen molar-refractivity contribution in [3.05, 3.63) is 33.9 Å². The smallest absolute Gasteiger partial charge is 0.271 e. The van der Waals surface area contributed by atoms with Crippen molar-refractivity contribution in [3.8, 4) is 11.5 Å². The second kappa shape index (κ2) is 7.32. The van der Waals surface area contributed by atoms with Crippen molar-refractivity contribution in [2.75, 3.05) is 24.3 Å². The van der Waals surface area contributed by atoms with Crippen LogP contribution in [0.3, 0.4) is 0 Å². The van der Waals surface area contributed by atoms with Crippen LogP contribution in [0.1, 0.15) is 0 Å². The Labute approximate surface area is 176 Å². The number of anilines is 1. The molecule has 0 saturated carbocycles. The molecule has 1 aromatic carbocycles. The standard InChI is InChI=1S/C18H14N4O4S3/c1-22-16(24)15-9(2-5-27-15)20-18(22)28-8-14(23)21-17-19-10-6-11-12(7-13(10)29-17)26-4-3-25-11/h2,5-7H,3-4,8H2,1H3,(H,19,21,23). The van der Waals surface area contributed by atoms with Gasteiger partial charge in [0.25, 0.3) is 5.56 Å². The number of thiophene rings is 1. The fraction of sp³-hybridized carbons (Fsp3) is 0.222. The van der Waals surface area contributed by atoms with E-state index < -0.39 is 0 Å². The molecule has 0 spiro atoms. The van der Waals surface area contributed by atoms with Gasteiger partial charge in [-0.15, -0.1) is 11.3 Å². The molecule has 0 atom stereocenters. The number of carbonyl (C=O) groups is 1. The fourth-order valence-electron chi connectivity index (χ4n) is 2.90. The third-order valence-corrected chi connectivity index (χ3v) is 7.13. The van der Waals surface area contributed by atoms with Gasteiger partial charge in [-0.05, 0) is 11.4 Å². The molecule has 0 unspecified atom stereocenters. The molecule has 5 rings (SSSR count). The Morgan fingerprint density at radius 3 is 2.86 bits per heavy atom. The number of thioether (sulfide) groups is 1. The van der Waals surface area contributed by atoms with Gasteiger partial charge in [-0.2, -0.15) is 0 Å². The Balaban J connectivity index is 1.31. The summed E-state index contributed by atoms with van der Waals surface area (Å²) in [6.45, 7) is 1.03. The number of fused-ring (bicyclic) bond motifs is 3. The number of amides is 1. The normalized spacial score (nSPS) is 13.1. The molecule has 1 amide bonds. The number of hydrogen-bond donors (Lipinski definition) is 1. The van der Waals surface area contributed by atoms with Crippen molar-refractivity contribution >= 4 is 65.9 Å². The van der Waals surface area contributed by atoms with Gasteiger partial charge in [0, 0.05) is 19.2 Å². The summed E-state index contributed by atoms with van der Waals surface area (Å²) in [4.78, 5) is 33.7. The van der Waals surface area contributed by atoms with Crippen LogP contribution in [0.5, 0.6) is 11.5 Å². The van der Waals surface area contributed by atoms with Crippen LogP contribution in [0.15, 0.2) is 33.5 Å². The van der Waals surface area contributed by atoms with Gasteiger partial charge >= 0.3 is 0 Å². The third kappa shape index (κ3) is 3.45. The summed E-state index contributed by atoms with van der Waals surface area (Å²) in [5.74, 6) is 1.26. The molecule has 11 heteroatoms. The second-order valence-corrected chi connectivity index (χ2v) is 9.10. The minimum Gasteiger partial charge on any atom is -0.486 e. The zero-order valence-corrected chi connectivity index (χ0v) is 17.6. The van der Waals surface area contributed by atoms with Crippen LogP contribution in [-0.2, 0) is 11.8 Å². The SMILES string of the molecule is Cn1c(SCC(=O)Nc2nc3cc4c(cc3s2)OCCO4)nc2ccsc2c1=O. The Hall–Kier alpha value is -2.63. The number of nitrogens with zero attached hydrogens (tertiary/aromatic N) is 3. The lowest BCUT2D eigenvalue weighted by molar-refractivity contribution is -0.113. The Kier molecular flexibility index (Phi) is 4.64. The van der Waals surface area contributed by atoms with E-state index in [0.29, 0.717) is 45.2 Å². The highest BCUT2D eigenvalue weighted by molar-refractivity contribution is 7.99. The first-order chi connectivity index (χ1) is 14.1. The first kappa shape index (κ1) is 18.4. The molecule has 0 bridgehead atoms. The van der Waals surface area contributed by atoms with E-state index in [4.69, 9.17) is 9.47 Å². The molecule has 0 radical (unpaired) electrons. The maximum atomic E-state index is 12.4. The number of carbonyl (C=O) groups excluding carboxylic acids is 1. The van der Waals surface area contributed by atoms with Crippen LogP contribution in [0.25, 0.3) is 20.4 Å². The summed E-state index contributed by atoms with van der Waals surface area (Å²) in [5.41, 5.74) is 1.29. The molecular weight excluding hydrogens is 432 g/mol. The van der Waals surface area contributed by atoms with Crippen molar-refractivity contribution < 1.29 is 14.3 Å². The number of nitrogens with one attached hydrogen (secondary N) is 1. The highest BCUT2D eigenvalue weighted by atomic mass is 32.2. The summed E-state index contributed by atoms with van der Waals surface area (Å²) in [5, 5.41) is 5.65. The molecule has 29 heavy (non-hydrogen) atoms. The van der Waals surface area contributed by atoms with E-state index in [1.807, 2.05) is 17.5 Å². The number of ether oxygens (including phenoxy) is 2. The molecule has 0 saturated heterocycles. The lowest BCUT2D eigenvalue weighted by Gasteiger charge is -2.17. The maximum absolute atomic E-state index is 12.4. The second-order valence-electron chi connectivity index (χ2n) is 6.21. The minimum absolute atomic E-state index is 0.104. The van der Waals surface area contributed by atoms with Crippen LogP contribution < -0.4 is 20.3 Å². The molecule has 1 N–H and O–H groups in total. The van der Waals surface area contributed by atoms with Gasteiger partial charge in [0.15, 0.2) is 21.8 Å². The van der Waals surface area contributed by atoms with E-state index in [1.54, 1.807) is 13.1 Å². The van der Waals surface area contributed by atoms with Crippen molar-refractivity contribution in [2.45, 2.75) is 5.16 Å².